The summed E-state index contributed by atoms with van der Waals surface area (Å²) in [6.07, 6.45) is 1.72. The van der Waals surface area contributed by atoms with Crippen LogP contribution in [0.3, 0.4) is 0 Å². The molecule has 2 aromatic rings. The Morgan fingerprint density at radius 2 is 2.06 bits per heavy atom. The van der Waals surface area contributed by atoms with Crippen LogP contribution in [0.15, 0.2) is 22.9 Å². The highest BCUT2D eigenvalue weighted by molar-refractivity contribution is 5.49. The second-order valence-electron chi connectivity index (χ2n) is 3.83. The average Bonchev–Trinajstić information content (AvgIpc) is 2.90. The van der Waals surface area contributed by atoms with Crippen molar-refractivity contribution in [2.45, 2.75) is 20.4 Å². The fourth-order valence-electron chi connectivity index (χ4n) is 1.63. The van der Waals surface area contributed by atoms with E-state index in [9.17, 15) is 0 Å². The number of nitrogens with zero attached hydrogens (tertiary/aromatic N) is 4. The van der Waals surface area contributed by atoms with E-state index in [1.54, 1.807) is 6.20 Å². The van der Waals surface area contributed by atoms with Crippen LogP contribution < -0.4 is 10.6 Å². The molecule has 0 unspecified atom stereocenters. The molecular weight excluding hydrogens is 230 g/mol. The van der Waals surface area contributed by atoms with E-state index in [0.29, 0.717) is 24.1 Å². The van der Waals surface area contributed by atoms with Crippen molar-refractivity contribution in [1.82, 2.24) is 15.1 Å². The monoisotopic (exact) mass is 247 g/mol. The second kappa shape index (κ2) is 5.59. The Bertz CT molecular complexity index is 489. The first-order valence-corrected chi connectivity index (χ1v) is 6.02. The van der Waals surface area contributed by atoms with E-state index >= 15 is 0 Å². The summed E-state index contributed by atoms with van der Waals surface area (Å²) in [4.78, 5) is 10.6. The Hall–Kier alpha value is -1.95. The van der Waals surface area contributed by atoms with Gasteiger partial charge in [0.1, 0.15) is 5.69 Å². The van der Waals surface area contributed by atoms with Crippen LogP contribution in [-0.4, -0.2) is 28.2 Å². The van der Waals surface area contributed by atoms with Crippen molar-refractivity contribution in [1.29, 1.82) is 0 Å². The fourth-order valence-corrected chi connectivity index (χ4v) is 1.63. The minimum absolute atomic E-state index is 0.431. The maximum absolute atomic E-state index is 5.52. The van der Waals surface area contributed by atoms with Gasteiger partial charge < -0.3 is 15.2 Å². The Morgan fingerprint density at radius 3 is 2.61 bits per heavy atom. The van der Waals surface area contributed by atoms with Crippen LogP contribution in [-0.2, 0) is 6.54 Å². The van der Waals surface area contributed by atoms with Crippen molar-refractivity contribution in [3.63, 3.8) is 0 Å². The molecule has 0 radical (unpaired) electrons. The molecule has 0 aliphatic rings. The SMILES string of the molecule is CCN(CC)c1noc(-c2ccc(CN)cn2)n1. The van der Waals surface area contributed by atoms with Gasteiger partial charge in [-0.2, -0.15) is 4.98 Å². The maximum atomic E-state index is 5.52. The number of anilines is 1. The summed E-state index contributed by atoms with van der Waals surface area (Å²) in [6.45, 7) is 6.26. The molecule has 0 aromatic carbocycles. The van der Waals surface area contributed by atoms with Gasteiger partial charge in [-0.3, -0.25) is 4.98 Å². The van der Waals surface area contributed by atoms with Crippen molar-refractivity contribution in [3.8, 4) is 11.6 Å². The Balaban J connectivity index is 2.23. The van der Waals surface area contributed by atoms with Gasteiger partial charge in [0.15, 0.2) is 0 Å². The molecule has 0 amide bonds. The van der Waals surface area contributed by atoms with Gasteiger partial charge in [-0.1, -0.05) is 6.07 Å². The Kier molecular flexibility index (Phi) is 3.88. The van der Waals surface area contributed by atoms with Crippen LogP contribution in [0, 0.1) is 0 Å². The van der Waals surface area contributed by atoms with Gasteiger partial charge in [-0.05, 0) is 30.6 Å². The summed E-state index contributed by atoms with van der Waals surface area (Å²) in [5.41, 5.74) is 7.16. The number of aromatic nitrogens is 3. The Morgan fingerprint density at radius 1 is 1.28 bits per heavy atom. The lowest BCUT2D eigenvalue weighted by Gasteiger charge is -2.14. The summed E-state index contributed by atoms with van der Waals surface area (Å²) >= 11 is 0. The normalized spacial score (nSPS) is 10.6. The van der Waals surface area contributed by atoms with Gasteiger partial charge >= 0.3 is 0 Å². The summed E-state index contributed by atoms with van der Waals surface area (Å²) in [5, 5.41) is 3.95. The number of hydrogen-bond acceptors (Lipinski definition) is 6. The van der Waals surface area contributed by atoms with Gasteiger partial charge in [0.05, 0.1) is 0 Å². The Labute approximate surface area is 106 Å². The lowest BCUT2D eigenvalue weighted by molar-refractivity contribution is 0.428. The van der Waals surface area contributed by atoms with Crippen molar-refractivity contribution in [2.24, 2.45) is 5.73 Å². The summed E-state index contributed by atoms with van der Waals surface area (Å²) in [5.74, 6) is 1.03. The highest BCUT2D eigenvalue weighted by atomic mass is 16.5. The predicted octanol–water partition coefficient (Wildman–Crippen LogP) is 1.44. The topological polar surface area (TPSA) is 81.1 Å². The summed E-state index contributed by atoms with van der Waals surface area (Å²) < 4.78 is 5.21. The lowest BCUT2D eigenvalue weighted by Crippen LogP contribution is -2.22. The number of nitrogens with two attached hydrogens (primary N) is 1. The molecule has 2 rings (SSSR count). The van der Waals surface area contributed by atoms with Crippen LogP contribution in [0.5, 0.6) is 0 Å². The van der Waals surface area contributed by atoms with E-state index in [0.717, 1.165) is 18.7 Å². The molecule has 0 spiro atoms. The van der Waals surface area contributed by atoms with Gasteiger partial charge in [-0.25, -0.2) is 0 Å². The van der Waals surface area contributed by atoms with Crippen molar-refractivity contribution in [2.75, 3.05) is 18.0 Å². The molecule has 0 bridgehead atoms. The third-order valence-corrected chi connectivity index (χ3v) is 2.74. The number of hydrogen-bond donors (Lipinski definition) is 1. The zero-order chi connectivity index (χ0) is 13.0. The van der Waals surface area contributed by atoms with Crippen LogP contribution >= 0.6 is 0 Å². The molecule has 0 saturated carbocycles. The van der Waals surface area contributed by atoms with Crippen LogP contribution in [0.1, 0.15) is 19.4 Å². The summed E-state index contributed by atoms with van der Waals surface area (Å²) in [7, 11) is 0. The molecule has 2 aromatic heterocycles. The van der Waals surface area contributed by atoms with E-state index in [4.69, 9.17) is 10.3 Å². The quantitative estimate of drug-likeness (QED) is 0.861. The molecule has 6 nitrogen and oxygen atoms in total. The molecule has 0 saturated heterocycles. The van der Waals surface area contributed by atoms with E-state index < -0.39 is 0 Å². The lowest BCUT2D eigenvalue weighted by atomic mass is 10.2. The third-order valence-electron chi connectivity index (χ3n) is 2.74. The van der Waals surface area contributed by atoms with Gasteiger partial charge in [-0.15, -0.1) is 0 Å². The second-order valence-corrected chi connectivity index (χ2v) is 3.83. The maximum Gasteiger partial charge on any atom is 0.278 e. The summed E-state index contributed by atoms with van der Waals surface area (Å²) in [6, 6.07) is 3.74. The van der Waals surface area contributed by atoms with E-state index in [1.807, 2.05) is 30.9 Å². The molecule has 18 heavy (non-hydrogen) atoms. The molecule has 96 valence electrons. The first kappa shape index (κ1) is 12.5. The fraction of sp³-hybridized carbons (Fsp3) is 0.417. The molecule has 0 fully saturated rings. The van der Waals surface area contributed by atoms with Gasteiger partial charge in [0.2, 0.25) is 0 Å². The smallest absolute Gasteiger partial charge is 0.278 e. The molecule has 2 N–H and O–H groups in total. The van der Waals surface area contributed by atoms with Gasteiger partial charge in [0, 0.05) is 25.8 Å². The molecule has 6 heteroatoms. The van der Waals surface area contributed by atoms with Crippen molar-refractivity contribution < 1.29 is 4.52 Å². The van der Waals surface area contributed by atoms with Crippen molar-refractivity contribution >= 4 is 5.95 Å². The van der Waals surface area contributed by atoms with E-state index in [2.05, 4.69) is 15.1 Å². The highest BCUT2D eigenvalue weighted by Crippen LogP contribution is 2.18. The zero-order valence-corrected chi connectivity index (χ0v) is 10.6. The van der Waals surface area contributed by atoms with Crippen LogP contribution in [0.4, 0.5) is 5.95 Å². The molecule has 2 heterocycles. The van der Waals surface area contributed by atoms with Crippen LogP contribution in [0.2, 0.25) is 0 Å². The first-order valence-electron chi connectivity index (χ1n) is 6.02. The van der Waals surface area contributed by atoms with Crippen LogP contribution in [0.25, 0.3) is 11.6 Å². The van der Waals surface area contributed by atoms with Crippen molar-refractivity contribution in [3.05, 3.63) is 23.9 Å². The van der Waals surface area contributed by atoms with Gasteiger partial charge in [0.25, 0.3) is 11.8 Å². The number of pyridine rings is 1. The van der Waals surface area contributed by atoms with E-state index in [-0.39, 0.29) is 0 Å². The highest BCUT2D eigenvalue weighted by Gasteiger charge is 2.13. The minimum Gasteiger partial charge on any atom is -0.339 e. The molecule has 0 aliphatic heterocycles. The standard InChI is InChI=1S/C12H17N5O/c1-3-17(4-2)12-15-11(18-16-12)10-6-5-9(7-13)8-14-10/h5-6,8H,3-4,7,13H2,1-2H3. The van der Waals surface area contributed by atoms with E-state index in [1.165, 1.54) is 0 Å². The first-order chi connectivity index (χ1) is 8.78. The third kappa shape index (κ3) is 2.48. The predicted molar refractivity (Wildman–Crippen MR) is 69.0 cm³/mol. The average molecular weight is 247 g/mol. The molecular formula is C12H17N5O. The largest absolute Gasteiger partial charge is 0.339 e. The minimum atomic E-state index is 0.431. The number of rotatable bonds is 5. The molecule has 0 aliphatic carbocycles. The molecule has 0 atom stereocenters. The zero-order valence-electron chi connectivity index (χ0n) is 10.6.